The van der Waals surface area contributed by atoms with Gasteiger partial charge in [-0.15, -0.1) is 0 Å². The average Bonchev–Trinajstić information content (AvgIpc) is 2.44. The molecular formula is C10H22CaN2O8S2. The fourth-order valence-corrected chi connectivity index (χ4v) is 1.93. The number of nitrogens with one attached hydrogen (secondary N) is 2. The smallest absolute Gasteiger partial charge is 0.264 e. The minimum absolute atomic E-state index is 0. The van der Waals surface area contributed by atoms with Crippen molar-refractivity contribution in [2.24, 2.45) is 0 Å². The van der Waals surface area contributed by atoms with Crippen LogP contribution in [0.15, 0.2) is 0 Å². The van der Waals surface area contributed by atoms with Crippen LogP contribution < -0.4 is 10.6 Å². The molecule has 0 aliphatic rings. The zero-order chi connectivity index (χ0) is 22.8. The normalized spacial score (nSPS) is 15.6. The summed E-state index contributed by atoms with van der Waals surface area (Å²) in [6, 6.07) is 0. The molecule has 0 atom stereocenters. The Morgan fingerprint density at radius 2 is 1.17 bits per heavy atom. The van der Waals surface area contributed by atoms with E-state index in [0.717, 1.165) is 0 Å². The van der Waals surface area contributed by atoms with E-state index in [1.54, 1.807) is 0 Å². The second-order valence-electron chi connectivity index (χ2n) is 3.79. The largest absolute Gasteiger partial charge is 0.356 e. The summed E-state index contributed by atoms with van der Waals surface area (Å²) in [5.41, 5.74) is 0. The predicted molar refractivity (Wildman–Crippen MR) is 85.2 cm³/mol. The summed E-state index contributed by atoms with van der Waals surface area (Å²) in [4.78, 5) is 21.4. The maximum Gasteiger partial charge on any atom is 0.264 e. The van der Waals surface area contributed by atoms with E-state index in [-0.39, 0.29) is 63.7 Å². The van der Waals surface area contributed by atoms with Crippen molar-refractivity contribution in [3.63, 3.8) is 0 Å². The van der Waals surface area contributed by atoms with Gasteiger partial charge in [0.2, 0.25) is 11.8 Å². The first-order valence-corrected chi connectivity index (χ1v) is 8.94. The van der Waals surface area contributed by atoms with Crippen LogP contribution in [0.5, 0.6) is 0 Å². The van der Waals surface area contributed by atoms with Gasteiger partial charge < -0.3 is 10.6 Å². The molecule has 4 N–H and O–H groups in total. The van der Waals surface area contributed by atoms with E-state index >= 15 is 0 Å². The number of rotatable bonds is 8. The van der Waals surface area contributed by atoms with Gasteiger partial charge in [0.05, 0.1) is 11.5 Å². The number of hydrogen-bond donors (Lipinski definition) is 4. The molecule has 13 heteroatoms. The zero-order valence-electron chi connectivity index (χ0n) is 18.1. The van der Waals surface area contributed by atoms with Crippen molar-refractivity contribution >= 4 is 69.8 Å². The van der Waals surface area contributed by atoms with Gasteiger partial charge in [0.1, 0.15) is 0 Å². The van der Waals surface area contributed by atoms with Crippen LogP contribution in [0.1, 0.15) is 34.8 Å². The first kappa shape index (κ1) is 16.5. The first-order chi connectivity index (χ1) is 12.3. The van der Waals surface area contributed by atoms with Gasteiger partial charge in [-0.2, -0.15) is 16.8 Å². The minimum Gasteiger partial charge on any atom is -0.356 e. The molecule has 2 amide bonds. The van der Waals surface area contributed by atoms with Crippen LogP contribution in [-0.2, 0) is 29.8 Å². The second-order valence-corrected chi connectivity index (χ2v) is 6.94. The van der Waals surface area contributed by atoms with Gasteiger partial charge in [-0.3, -0.25) is 18.7 Å². The van der Waals surface area contributed by atoms with Crippen LogP contribution in [0, 0.1) is 0 Å². The SMILES string of the molecule is [2H]C([2H])([2H])C(=O)NCCCS(=O)(=O)O.[2H]C([2H])([2H])C(=O)NCCCS(=O)(=O)O.[Ca]. The van der Waals surface area contributed by atoms with Gasteiger partial charge in [-0.1, -0.05) is 0 Å². The van der Waals surface area contributed by atoms with Crippen molar-refractivity contribution < 1.29 is 43.8 Å². The summed E-state index contributed by atoms with van der Waals surface area (Å²) in [6.07, 6.45) is -0.0543. The maximum absolute atomic E-state index is 10.7. The summed E-state index contributed by atoms with van der Waals surface area (Å²) in [5, 5.41) is 4.04. The average molecular weight is 409 g/mol. The molecular weight excluding hydrogens is 380 g/mol. The molecule has 0 bridgehead atoms. The summed E-state index contributed by atoms with van der Waals surface area (Å²) in [7, 11) is -8.10. The molecule has 23 heavy (non-hydrogen) atoms. The Kier molecular flexibility index (Phi) is 10.3. The van der Waals surface area contributed by atoms with Crippen molar-refractivity contribution in [3.8, 4) is 0 Å². The molecule has 0 aromatic rings. The van der Waals surface area contributed by atoms with Gasteiger partial charge >= 0.3 is 0 Å². The third-order valence-electron chi connectivity index (χ3n) is 1.73. The quantitative estimate of drug-likeness (QED) is 0.212. The van der Waals surface area contributed by atoms with E-state index in [9.17, 15) is 26.4 Å². The molecule has 10 nitrogen and oxygen atoms in total. The molecule has 0 spiro atoms. The number of carbonyl (C=O) groups is 2. The zero-order valence-corrected chi connectivity index (χ0v) is 16.0. The Balaban J connectivity index is -0.000000451. The van der Waals surface area contributed by atoms with E-state index in [4.69, 9.17) is 17.3 Å². The van der Waals surface area contributed by atoms with Gasteiger partial charge in [-0.05, 0) is 12.8 Å². The molecule has 0 fully saturated rings. The monoisotopic (exact) mass is 408 g/mol. The van der Waals surface area contributed by atoms with Crippen LogP contribution in [0.25, 0.3) is 0 Å². The van der Waals surface area contributed by atoms with Crippen LogP contribution in [0.4, 0.5) is 0 Å². The van der Waals surface area contributed by atoms with Crippen molar-refractivity contribution in [1.29, 1.82) is 0 Å². The van der Waals surface area contributed by atoms with Gasteiger partial charge in [0, 0.05) is 72.8 Å². The molecule has 0 aromatic carbocycles. The molecule has 2 radical (unpaired) electrons. The first-order valence-electron chi connectivity index (χ1n) is 8.72. The van der Waals surface area contributed by atoms with E-state index < -0.39 is 57.3 Å². The van der Waals surface area contributed by atoms with Crippen molar-refractivity contribution in [2.45, 2.75) is 26.5 Å². The Morgan fingerprint density at radius 1 is 0.870 bits per heavy atom. The summed E-state index contributed by atoms with van der Waals surface area (Å²) in [6.45, 7) is -5.65. The Labute approximate surface area is 174 Å². The Bertz CT molecular complexity index is 661. The topological polar surface area (TPSA) is 167 Å². The number of carbonyl (C=O) groups excluding carboxylic acids is 2. The van der Waals surface area contributed by atoms with Gasteiger partial charge in [0.25, 0.3) is 20.2 Å². The van der Waals surface area contributed by atoms with E-state index in [1.165, 1.54) is 0 Å². The standard InChI is InChI=1S/2C5H11NO4S.Ca/c2*1-5(7)6-3-2-4-11(8,9)10;/h2*2-4H2,1H3,(H,6,7)(H,8,9,10);/i2*1D3;. The molecule has 134 valence electrons. The van der Waals surface area contributed by atoms with E-state index in [2.05, 4.69) is 0 Å². The molecule has 0 unspecified atom stereocenters. The fraction of sp³-hybridized carbons (Fsp3) is 0.800. The second kappa shape index (κ2) is 14.4. The molecule has 0 aromatic heterocycles. The molecule has 0 saturated heterocycles. The van der Waals surface area contributed by atoms with Crippen LogP contribution in [0.3, 0.4) is 0 Å². The third-order valence-corrected chi connectivity index (χ3v) is 3.34. The molecule has 0 aliphatic heterocycles. The summed E-state index contributed by atoms with van der Waals surface area (Å²) >= 11 is 0. The van der Waals surface area contributed by atoms with Crippen molar-refractivity contribution in [2.75, 3.05) is 24.6 Å². The molecule has 0 heterocycles. The van der Waals surface area contributed by atoms with Gasteiger partial charge in [-0.25, -0.2) is 0 Å². The Morgan fingerprint density at radius 3 is 1.39 bits per heavy atom. The summed E-state index contributed by atoms with van der Waals surface area (Å²) in [5.74, 6) is -3.27. The van der Waals surface area contributed by atoms with Crippen LogP contribution in [-0.4, -0.2) is 100 Å². The molecule has 0 saturated carbocycles. The van der Waals surface area contributed by atoms with Crippen molar-refractivity contribution in [1.82, 2.24) is 10.6 Å². The van der Waals surface area contributed by atoms with Gasteiger partial charge in [0.15, 0.2) is 0 Å². The maximum atomic E-state index is 10.7. The Hall–Kier alpha value is 0.0197. The molecule has 0 aliphatic carbocycles. The van der Waals surface area contributed by atoms with Crippen molar-refractivity contribution in [3.05, 3.63) is 0 Å². The summed E-state index contributed by atoms with van der Waals surface area (Å²) < 4.78 is 97.3. The third kappa shape index (κ3) is 34.4. The van der Waals surface area contributed by atoms with E-state index in [1.807, 2.05) is 10.6 Å². The minimum atomic E-state index is -4.05. The predicted octanol–water partition coefficient (Wildman–Crippen LogP) is -1.58. The number of amides is 2. The molecule has 0 rings (SSSR count). The van der Waals surface area contributed by atoms with Crippen LogP contribution >= 0.6 is 0 Å². The van der Waals surface area contributed by atoms with Crippen LogP contribution in [0.2, 0.25) is 0 Å². The number of hydrogen-bond acceptors (Lipinski definition) is 6. The fourth-order valence-electron chi connectivity index (χ4n) is 0.913. The van der Waals surface area contributed by atoms with E-state index in [0.29, 0.717) is 0 Å².